The Morgan fingerprint density at radius 1 is 1.28 bits per heavy atom. The van der Waals surface area contributed by atoms with Gasteiger partial charge in [-0.1, -0.05) is 41.9 Å². The Hall–Kier alpha value is -1.54. The van der Waals surface area contributed by atoms with Gasteiger partial charge in [0.25, 0.3) is 5.56 Å². The smallest absolute Gasteiger partial charge is 0.267 e. The first-order valence-corrected chi connectivity index (χ1v) is 9.89. The van der Waals surface area contributed by atoms with Crippen LogP contribution >= 0.6 is 38.5 Å². The van der Waals surface area contributed by atoms with E-state index >= 15 is 0 Å². The zero-order valence-corrected chi connectivity index (χ0v) is 17.7. The van der Waals surface area contributed by atoms with Gasteiger partial charge in [0.2, 0.25) is 0 Å². The molecule has 4 nitrogen and oxygen atoms in total. The molecule has 2 aromatic carbocycles. The third-order valence-electron chi connectivity index (χ3n) is 4.08. The number of halogens is 2. The molecule has 0 unspecified atom stereocenters. The third-order valence-corrected chi connectivity index (χ3v) is 5.29. The minimum atomic E-state index is -0.150. The van der Waals surface area contributed by atoms with Gasteiger partial charge in [-0.2, -0.15) is 9.78 Å². The number of hydrogen-bond acceptors (Lipinski definition) is 3. The molecule has 6 heteroatoms. The van der Waals surface area contributed by atoms with Crippen LogP contribution in [0.1, 0.15) is 37.6 Å². The van der Waals surface area contributed by atoms with Crippen LogP contribution in [-0.2, 0) is 0 Å². The topological polar surface area (TPSA) is 47.2 Å². The zero-order valence-electron chi connectivity index (χ0n) is 13.9. The standard InChI is InChI=1S/C19H17BrIN3O/c1-3-12(2)18-23-17-9-6-14(20)10-16(17)19(25)24(18)22-11-13-4-7-15(21)8-5-13/h4-12H,3H2,1-2H3/t12-/m1/s1. The van der Waals surface area contributed by atoms with Gasteiger partial charge in [-0.3, -0.25) is 4.79 Å². The summed E-state index contributed by atoms with van der Waals surface area (Å²) in [6.45, 7) is 4.14. The summed E-state index contributed by atoms with van der Waals surface area (Å²) in [5.74, 6) is 0.818. The molecule has 0 aliphatic heterocycles. The Kier molecular flexibility index (Phi) is 5.68. The van der Waals surface area contributed by atoms with Gasteiger partial charge in [0.1, 0.15) is 5.82 Å². The Balaban J connectivity index is 2.18. The second kappa shape index (κ2) is 7.78. The minimum absolute atomic E-state index is 0.134. The van der Waals surface area contributed by atoms with E-state index in [1.807, 2.05) is 36.4 Å². The largest absolute Gasteiger partial charge is 0.282 e. The van der Waals surface area contributed by atoms with Gasteiger partial charge in [0.15, 0.2) is 0 Å². The molecule has 3 rings (SSSR count). The predicted molar refractivity (Wildman–Crippen MR) is 115 cm³/mol. The molecule has 0 aliphatic carbocycles. The van der Waals surface area contributed by atoms with Crippen LogP contribution in [-0.4, -0.2) is 15.9 Å². The molecule has 128 valence electrons. The molecule has 0 N–H and O–H groups in total. The highest BCUT2D eigenvalue weighted by molar-refractivity contribution is 14.1. The van der Waals surface area contributed by atoms with E-state index in [0.29, 0.717) is 16.7 Å². The summed E-state index contributed by atoms with van der Waals surface area (Å²) in [4.78, 5) is 17.7. The van der Waals surface area contributed by atoms with E-state index in [9.17, 15) is 4.79 Å². The number of nitrogens with zero attached hydrogens (tertiary/aromatic N) is 3. The van der Waals surface area contributed by atoms with Crippen molar-refractivity contribution in [1.29, 1.82) is 0 Å². The maximum atomic E-state index is 13.0. The van der Waals surface area contributed by atoms with Crippen molar-refractivity contribution in [2.45, 2.75) is 26.2 Å². The molecule has 1 heterocycles. The second-order valence-electron chi connectivity index (χ2n) is 5.85. The Morgan fingerprint density at radius 2 is 2.00 bits per heavy atom. The van der Waals surface area contributed by atoms with Crippen LogP contribution in [0.25, 0.3) is 10.9 Å². The van der Waals surface area contributed by atoms with Crippen LogP contribution < -0.4 is 5.56 Å². The van der Waals surface area contributed by atoms with Crippen molar-refractivity contribution in [1.82, 2.24) is 9.66 Å². The SMILES string of the molecule is CC[C@@H](C)c1nc2ccc(Br)cc2c(=O)n1N=Cc1ccc(I)cc1. The van der Waals surface area contributed by atoms with Crippen molar-refractivity contribution < 1.29 is 0 Å². The second-order valence-corrected chi connectivity index (χ2v) is 8.02. The molecule has 0 bridgehead atoms. The lowest BCUT2D eigenvalue weighted by molar-refractivity contribution is 0.613. The molecule has 25 heavy (non-hydrogen) atoms. The number of hydrogen-bond donors (Lipinski definition) is 0. The van der Waals surface area contributed by atoms with E-state index in [-0.39, 0.29) is 11.5 Å². The van der Waals surface area contributed by atoms with E-state index in [0.717, 1.165) is 20.0 Å². The third kappa shape index (κ3) is 4.00. The van der Waals surface area contributed by atoms with Crippen LogP contribution in [0.4, 0.5) is 0 Å². The van der Waals surface area contributed by atoms with E-state index < -0.39 is 0 Å². The molecule has 0 saturated carbocycles. The molecule has 1 aromatic heterocycles. The van der Waals surface area contributed by atoms with Crippen LogP contribution in [0.2, 0.25) is 0 Å². The number of benzene rings is 2. The normalized spacial score (nSPS) is 12.8. The average molecular weight is 510 g/mol. The van der Waals surface area contributed by atoms with E-state index in [4.69, 9.17) is 4.98 Å². The molecule has 0 amide bonds. The van der Waals surface area contributed by atoms with E-state index in [1.165, 1.54) is 4.68 Å². The fourth-order valence-electron chi connectivity index (χ4n) is 2.45. The van der Waals surface area contributed by atoms with Crippen molar-refractivity contribution >= 4 is 55.6 Å². The summed E-state index contributed by atoms with van der Waals surface area (Å²) in [5.41, 5.74) is 1.49. The van der Waals surface area contributed by atoms with Gasteiger partial charge in [-0.25, -0.2) is 4.98 Å². The summed E-state index contributed by atoms with van der Waals surface area (Å²) in [6.07, 6.45) is 2.59. The Morgan fingerprint density at radius 3 is 2.68 bits per heavy atom. The first-order chi connectivity index (χ1) is 12.0. The van der Waals surface area contributed by atoms with Crippen molar-refractivity contribution in [3.05, 3.63) is 72.2 Å². The van der Waals surface area contributed by atoms with Crippen molar-refractivity contribution in [2.24, 2.45) is 5.10 Å². The lowest BCUT2D eigenvalue weighted by Gasteiger charge is -2.13. The number of aromatic nitrogens is 2. The fraction of sp³-hybridized carbons (Fsp3) is 0.211. The Bertz CT molecular complexity index is 996. The van der Waals surface area contributed by atoms with E-state index in [2.05, 4.69) is 57.5 Å². The number of fused-ring (bicyclic) bond motifs is 1. The predicted octanol–water partition coefficient (Wildman–Crippen LogP) is 5.16. The summed E-state index contributed by atoms with van der Waals surface area (Å²) in [5, 5.41) is 5.01. The van der Waals surface area contributed by atoms with Crippen LogP contribution in [0.3, 0.4) is 0 Å². The molecule has 1 atom stereocenters. The summed E-state index contributed by atoms with van der Waals surface area (Å²) >= 11 is 5.68. The highest BCUT2D eigenvalue weighted by Crippen LogP contribution is 2.20. The molecule has 3 aromatic rings. The first-order valence-electron chi connectivity index (χ1n) is 8.01. The van der Waals surface area contributed by atoms with Crippen molar-refractivity contribution in [3.8, 4) is 0 Å². The van der Waals surface area contributed by atoms with Crippen LogP contribution in [0.15, 0.2) is 56.8 Å². The van der Waals surface area contributed by atoms with Crippen molar-refractivity contribution in [3.63, 3.8) is 0 Å². The fourth-order valence-corrected chi connectivity index (χ4v) is 3.17. The molecule has 0 aliphatic rings. The molecule has 0 spiro atoms. The number of rotatable bonds is 4. The first kappa shape index (κ1) is 18.3. The van der Waals surface area contributed by atoms with Crippen molar-refractivity contribution in [2.75, 3.05) is 0 Å². The highest BCUT2D eigenvalue weighted by atomic mass is 127. The maximum Gasteiger partial charge on any atom is 0.282 e. The molecular weight excluding hydrogens is 493 g/mol. The minimum Gasteiger partial charge on any atom is -0.267 e. The van der Waals surface area contributed by atoms with Gasteiger partial charge in [0, 0.05) is 14.0 Å². The lowest BCUT2D eigenvalue weighted by atomic mass is 10.1. The van der Waals surface area contributed by atoms with Gasteiger partial charge < -0.3 is 0 Å². The maximum absolute atomic E-state index is 13.0. The van der Waals surface area contributed by atoms with Gasteiger partial charge >= 0.3 is 0 Å². The van der Waals surface area contributed by atoms with Gasteiger partial charge in [0.05, 0.1) is 17.1 Å². The summed E-state index contributed by atoms with van der Waals surface area (Å²) < 4.78 is 3.44. The monoisotopic (exact) mass is 509 g/mol. The highest BCUT2D eigenvalue weighted by Gasteiger charge is 2.15. The van der Waals surface area contributed by atoms with E-state index in [1.54, 1.807) is 12.3 Å². The van der Waals surface area contributed by atoms with Crippen LogP contribution in [0.5, 0.6) is 0 Å². The molecule has 0 fully saturated rings. The molecular formula is C19H17BrIN3O. The average Bonchev–Trinajstić information content (AvgIpc) is 2.62. The summed E-state index contributed by atoms with van der Waals surface area (Å²) in [6, 6.07) is 13.5. The van der Waals surface area contributed by atoms with Crippen LogP contribution in [0, 0.1) is 3.57 Å². The summed E-state index contributed by atoms with van der Waals surface area (Å²) in [7, 11) is 0. The zero-order chi connectivity index (χ0) is 18.0. The van der Waals surface area contributed by atoms with Gasteiger partial charge in [-0.05, 0) is 64.9 Å². The molecule has 0 saturated heterocycles. The van der Waals surface area contributed by atoms with Gasteiger partial charge in [-0.15, -0.1) is 0 Å². The quantitative estimate of drug-likeness (QED) is 0.360. The molecule has 0 radical (unpaired) electrons. The Labute approximate surface area is 168 Å². The lowest BCUT2D eigenvalue weighted by Crippen LogP contribution is -2.23.